The number of morpholine rings is 1. The van der Waals surface area contributed by atoms with Crippen LogP contribution in [-0.4, -0.2) is 36.7 Å². The number of fused-ring (bicyclic) bond motifs is 1. The van der Waals surface area contributed by atoms with Gasteiger partial charge in [-0.15, -0.1) is 0 Å². The van der Waals surface area contributed by atoms with Gasteiger partial charge < -0.3 is 15.4 Å². The lowest BCUT2D eigenvalue weighted by Gasteiger charge is -2.23. The Kier molecular flexibility index (Phi) is 4.28. The zero-order valence-corrected chi connectivity index (χ0v) is 11.7. The van der Waals surface area contributed by atoms with Crippen molar-refractivity contribution in [3.8, 4) is 0 Å². The number of carbonyl (C=O) groups excluding carboxylic acids is 1. The lowest BCUT2D eigenvalue weighted by atomic mass is 10.1. The van der Waals surface area contributed by atoms with Crippen LogP contribution in [0.3, 0.4) is 0 Å². The van der Waals surface area contributed by atoms with E-state index in [2.05, 4.69) is 21.7 Å². The number of pyridine rings is 1. The topological polar surface area (TPSA) is 63.2 Å². The third-order valence-electron chi connectivity index (χ3n) is 3.90. The monoisotopic (exact) mass is 275 g/mol. The molecule has 1 aromatic heterocycles. The fourth-order valence-electron chi connectivity index (χ4n) is 2.82. The molecule has 5 heteroatoms. The maximum Gasteiger partial charge on any atom is 0.221 e. The molecule has 2 N–H and O–H groups in total. The molecule has 1 aliphatic carbocycles. The van der Waals surface area contributed by atoms with Crippen LogP contribution in [0.2, 0.25) is 0 Å². The summed E-state index contributed by atoms with van der Waals surface area (Å²) in [4.78, 5) is 16.4. The smallest absolute Gasteiger partial charge is 0.221 e. The average molecular weight is 275 g/mol. The lowest BCUT2D eigenvalue weighted by Crippen LogP contribution is -2.44. The van der Waals surface area contributed by atoms with E-state index < -0.39 is 0 Å². The maximum absolute atomic E-state index is 11.9. The fourth-order valence-corrected chi connectivity index (χ4v) is 2.82. The summed E-state index contributed by atoms with van der Waals surface area (Å²) in [5.74, 6) is 0.0634. The van der Waals surface area contributed by atoms with Crippen LogP contribution < -0.4 is 10.6 Å². The van der Waals surface area contributed by atoms with Crippen LogP contribution in [0.25, 0.3) is 0 Å². The highest BCUT2D eigenvalue weighted by molar-refractivity contribution is 5.76. The zero-order valence-electron chi connectivity index (χ0n) is 11.7. The highest BCUT2D eigenvalue weighted by Gasteiger charge is 2.17. The summed E-state index contributed by atoms with van der Waals surface area (Å²) in [6.45, 7) is 2.74. The lowest BCUT2D eigenvalue weighted by molar-refractivity contribution is -0.122. The number of amides is 1. The largest absolute Gasteiger partial charge is 0.378 e. The number of aryl methyl sites for hydroxylation is 2. The second-order valence-corrected chi connectivity index (χ2v) is 5.51. The molecule has 0 unspecified atom stereocenters. The molecule has 1 aliphatic heterocycles. The molecule has 3 rings (SSSR count). The summed E-state index contributed by atoms with van der Waals surface area (Å²) in [6, 6.07) is 2.32. The van der Waals surface area contributed by atoms with Gasteiger partial charge in [0.25, 0.3) is 0 Å². The van der Waals surface area contributed by atoms with Gasteiger partial charge in [-0.3, -0.25) is 9.78 Å². The van der Waals surface area contributed by atoms with Crippen molar-refractivity contribution >= 4 is 5.91 Å². The van der Waals surface area contributed by atoms with E-state index in [1.807, 2.05) is 6.20 Å². The summed E-state index contributed by atoms with van der Waals surface area (Å²) in [5.41, 5.74) is 3.66. The summed E-state index contributed by atoms with van der Waals surface area (Å²) >= 11 is 0. The Bertz CT molecular complexity index is 484. The van der Waals surface area contributed by atoms with Crippen molar-refractivity contribution in [3.63, 3.8) is 0 Å². The van der Waals surface area contributed by atoms with Crippen LogP contribution in [0, 0.1) is 0 Å². The van der Waals surface area contributed by atoms with E-state index in [0.717, 1.165) is 31.6 Å². The summed E-state index contributed by atoms with van der Waals surface area (Å²) in [6.07, 6.45) is 5.76. The van der Waals surface area contributed by atoms with Gasteiger partial charge in [-0.05, 0) is 30.4 Å². The number of rotatable bonds is 4. The first-order valence-corrected chi connectivity index (χ1v) is 7.36. The Hall–Kier alpha value is -1.46. The van der Waals surface area contributed by atoms with Crippen molar-refractivity contribution in [2.75, 3.05) is 19.8 Å². The van der Waals surface area contributed by atoms with Crippen LogP contribution in [0.4, 0.5) is 0 Å². The number of hydrogen-bond acceptors (Lipinski definition) is 4. The van der Waals surface area contributed by atoms with Crippen LogP contribution in [0.5, 0.6) is 0 Å². The van der Waals surface area contributed by atoms with Crippen molar-refractivity contribution in [1.82, 2.24) is 15.6 Å². The molecular formula is C15H21N3O2. The third-order valence-corrected chi connectivity index (χ3v) is 3.90. The van der Waals surface area contributed by atoms with E-state index in [0.29, 0.717) is 19.6 Å². The van der Waals surface area contributed by atoms with Gasteiger partial charge in [0.15, 0.2) is 0 Å². The standard InChI is InChI=1S/C15H21N3O2/c19-15(7-13-10-20-5-4-16-13)18-9-11-6-12-2-1-3-14(12)17-8-11/h6,8,13,16H,1-5,7,9-10H2,(H,18,19)/t13-/m0/s1. The summed E-state index contributed by atoms with van der Waals surface area (Å²) in [7, 11) is 0. The van der Waals surface area contributed by atoms with Crippen LogP contribution in [0.15, 0.2) is 12.3 Å². The number of hydrogen-bond donors (Lipinski definition) is 2. The first-order chi connectivity index (χ1) is 9.81. The predicted molar refractivity (Wildman–Crippen MR) is 75.3 cm³/mol. The molecule has 0 bridgehead atoms. The van der Waals surface area contributed by atoms with Gasteiger partial charge >= 0.3 is 0 Å². The van der Waals surface area contributed by atoms with Gasteiger partial charge in [0, 0.05) is 37.4 Å². The quantitative estimate of drug-likeness (QED) is 0.843. The minimum atomic E-state index is 0.0634. The predicted octanol–water partition coefficient (Wildman–Crippen LogP) is 0.565. The number of aromatic nitrogens is 1. The Labute approximate surface area is 119 Å². The summed E-state index contributed by atoms with van der Waals surface area (Å²) in [5, 5.41) is 6.25. The molecule has 20 heavy (non-hydrogen) atoms. The maximum atomic E-state index is 11.9. The molecule has 2 heterocycles. The second kappa shape index (κ2) is 6.33. The van der Waals surface area contributed by atoms with Crippen molar-refractivity contribution in [3.05, 3.63) is 29.1 Å². The minimum absolute atomic E-state index is 0.0634. The van der Waals surface area contributed by atoms with Gasteiger partial charge in [-0.2, -0.15) is 0 Å². The zero-order chi connectivity index (χ0) is 13.8. The first-order valence-electron chi connectivity index (χ1n) is 7.36. The first kappa shape index (κ1) is 13.5. The Balaban J connectivity index is 1.47. The minimum Gasteiger partial charge on any atom is -0.378 e. The molecule has 5 nitrogen and oxygen atoms in total. The third kappa shape index (κ3) is 3.35. The molecule has 1 fully saturated rings. The van der Waals surface area contributed by atoms with Crippen molar-refractivity contribution in [2.45, 2.75) is 38.3 Å². The van der Waals surface area contributed by atoms with Gasteiger partial charge in [-0.25, -0.2) is 0 Å². The Morgan fingerprint density at radius 3 is 3.30 bits per heavy atom. The van der Waals surface area contributed by atoms with E-state index in [1.165, 1.54) is 17.7 Å². The van der Waals surface area contributed by atoms with Gasteiger partial charge in [0.05, 0.1) is 13.2 Å². The normalized spacial score (nSPS) is 21.5. The van der Waals surface area contributed by atoms with Crippen LogP contribution >= 0.6 is 0 Å². The molecule has 1 atom stereocenters. The van der Waals surface area contributed by atoms with Crippen LogP contribution in [0.1, 0.15) is 29.7 Å². The van der Waals surface area contributed by atoms with Crippen molar-refractivity contribution in [2.24, 2.45) is 0 Å². The molecule has 1 amide bonds. The van der Waals surface area contributed by atoms with Gasteiger partial charge in [0.1, 0.15) is 0 Å². The summed E-state index contributed by atoms with van der Waals surface area (Å²) < 4.78 is 5.34. The Morgan fingerprint density at radius 1 is 1.50 bits per heavy atom. The number of nitrogens with one attached hydrogen (secondary N) is 2. The van der Waals surface area contributed by atoms with E-state index in [-0.39, 0.29) is 11.9 Å². The van der Waals surface area contributed by atoms with E-state index in [9.17, 15) is 4.79 Å². The van der Waals surface area contributed by atoms with Gasteiger partial charge in [-0.1, -0.05) is 6.07 Å². The molecule has 108 valence electrons. The number of carbonyl (C=O) groups is 1. The van der Waals surface area contributed by atoms with Crippen LogP contribution in [-0.2, 0) is 28.9 Å². The van der Waals surface area contributed by atoms with E-state index >= 15 is 0 Å². The fraction of sp³-hybridized carbons (Fsp3) is 0.600. The molecule has 2 aliphatic rings. The second-order valence-electron chi connectivity index (χ2n) is 5.51. The highest BCUT2D eigenvalue weighted by Crippen LogP contribution is 2.20. The SMILES string of the molecule is O=C(C[C@H]1COCCN1)NCc1cnc2c(c1)CCC2. The molecule has 1 saturated heterocycles. The molecule has 1 aromatic rings. The highest BCUT2D eigenvalue weighted by atomic mass is 16.5. The number of ether oxygens (including phenoxy) is 1. The van der Waals surface area contributed by atoms with Crippen molar-refractivity contribution in [1.29, 1.82) is 0 Å². The van der Waals surface area contributed by atoms with Crippen molar-refractivity contribution < 1.29 is 9.53 Å². The van der Waals surface area contributed by atoms with E-state index in [1.54, 1.807) is 0 Å². The molecule has 0 aromatic carbocycles. The molecule has 0 radical (unpaired) electrons. The molecule has 0 saturated carbocycles. The van der Waals surface area contributed by atoms with E-state index in [4.69, 9.17) is 4.74 Å². The molecule has 0 spiro atoms. The van der Waals surface area contributed by atoms with Gasteiger partial charge in [0.2, 0.25) is 5.91 Å². The Morgan fingerprint density at radius 2 is 2.45 bits per heavy atom. The molecular weight excluding hydrogens is 254 g/mol. The number of nitrogens with zero attached hydrogens (tertiary/aromatic N) is 1. The average Bonchev–Trinajstić information content (AvgIpc) is 2.93.